The minimum Gasteiger partial charge on any atom is -0.481 e. The van der Waals surface area contributed by atoms with Crippen molar-refractivity contribution in [3.8, 4) is 0 Å². The van der Waals surface area contributed by atoms with Crippen molar-refractivity contribution in [2.75, 3.05) is 13.1 Å². The highest BCUT2D eigenvalue weighted by atomic mass is 16.4. The molecular weight excluding hydrogens is 260 g/mol. The number of hydrogen-bond acceptors (Lipinski definition) is 3. The second kappa shape index (κ2) is 5.81. The average molecular weight is 282 g/mol. The van der Waals surface area contributed by atoms with Gasteiger partial charge in [0.15, 0.2) is 0 Å². The van der Waals surface area contributed by atoms with E-state index in [4.69, 9.17) is 5.11 Å². The Bertz CT molecular complexity index is 423. The van der Waals surface area contributed by atoms with Crippen molar-refractivity contribution >= 4 is 17.8 Å². The highest BCUT2D eigenvalue weighted by Crippen LogP contribution is 2.27. The lowest BCUT2D eigenvalue weighted by Gasteiger charge is -2.42. The molecule has 0 bridgehead atoms. The average Bonchev–Trinajstić information content (AvgIpc) is 2.44. The third-order valence-corrected chi connectivity index (χ3v) is 4.66. The van der Waals surface area contributed by atoms with Gasteiger partial charge < -0.3 is 15.3 Å². The first kappa shape index (κ1) is 14.8. The van der Waals surface area contributed by atoms with Crippen LogP contribution in [0.3, 0.4) is 0 Å². The minimum atomic E-state index is -0.939. The molecule has 2 N–H and O–H groups in total. The monoisotopic (exact) mass is 282 g/mol. The van der Waals surface area contributed by atoms with Crippen molar-refractivity contribution in [2.45, 2.75) is 39.2 Å². The van der Waals surface area contributed by atoms with Crippen molar-refractivity contribution in [3.05, 3.63) is 0 Å². The maximum atomic E-state index is 12.4. The van der Waals surface area contributed by atoms with Crippen LogP contribution in [0.25, 0.3) is 0 Å². The molecule has 2 saturated heterocycles. The predicted molar refractivity (Wildman–Crippen MR) is 71.8 cm³/mol. The second-order valence-corrected chi connectivity index (χ2v) is 5.96. The Balaban J connectivity index is 1.96. The molecule has 112 valence electrons. The van der Waals surface area contributed by atoms with Gasteiger partial charge >= 0.3 is 5.97 Å². The van der Waals surface area contributed by atoms with E-state index >= 15 is 0 Å². The topological polar surface area (TPSA) is 86.7 Å². The number of fused-ring (bicyclic) bond motifs is 1. The summed E-state index contributed by atoms with van der Waals surface area (Å²) >= 11 is 0. The predicted octanol–water partition coefficient (Wildman–Crippen LogP) is 0.470. The summed E-state index contributed by atoms with van der Waals surface area (Å²) in [6.07, 6.45) is 2.09. The lowest BCUT2D eigenvalue weighted by molar-refractivity contribution is -0.150. The Hall–Kier alpha value is -1.59. The smallest absolute Gasteiger partial charge is 0.307 e. The molecule has 20 heavy (non-hydrogen) atoms. The van der Waals surface area contributed by atoms with E-state index in [1.54, 1.807) is 18.7 Å². The lowest BCUT2D eigenvalue weighted by Crippen LogP contribution is -2.56. The summed E-state index contributed by atoms with van der Waals surface area (Å²) in [6.45, 7) is 4.46. The number of carboxylic acids is 1. The summed E-state index contributed by atoms with van der Waals surface area (Å²) in [5.74, 6) is -1.81. The summed E-state index contributed by atoms with van der Waals surface area (Å²) < 4.78 is 0. The van der Waals surface area contributed by atoms with Crippen LogP contribution in [0.1, 0.15) is 33.1 Å². The quantitative estimate of drug-likeness (QED) is 0.788. The standard InChI is InChI=1S/C14H22N2O4/c1-8(9(2)14(19)20)13(18)16-6-5-11-10(7-16)3-4-12(17)15-11/h8-11H,3-7H2,1-2H3,(H,15,17)(H,19,20). The molecule has 2 fully saturated rings. The fourth-order valence-electron chi connectivity index (χ4n) is 3.03. The first-order valence-electron chi connectivity index (χ1n) is 7.21. The molecule has 0 aromatic rings. The molecular formula is C14H22N2O4. The van der Waals surface area contributed by atoms with E-state index in [9.17, 15) is 14.4 Å². The summed E-state index contributed by atoms with van der Waals surface area (Å²) in [5.41, 5.74) is 0. The van der Waals surface area contributed by atoms with E-state index in [2.05, 4.69) is 5.32 Å². The van der Waals surface area contributed by atoms with Gasteiger partial charge in [0, 0.05) is 31.5 Å². The SMILES string of the molecule is CC(C(=O)O)C(C)C(=O)N1CCC2NC(=O)CCC2C1. The molecule has 2 aliphatic rings. The number of rotatable bonds is 3. The van der Waals surface area contributed by atoms with Gasteiger partial charge in [0.25, 0.3) is 0 Å². The van der Waals surface area contributed by atoms with E-state index in [0.717, 1.165) is 12.8 Å². The van der Waals surface area contributed by atoms with Crippen molar-refractivity contribution < 1.29 is 19.5 Å². The molecule has 2 aliphatic heterocycles. The van der Waals surface area contributed by atoms with Gasteiger partial charge in [0.2, 0.25) is 11.8 Å². The summed E-state index contributed by atoms with van der Waals surface area (Å²) in [4.78, 5) is 36.4. The van der Waals surface area contributed by atoms with Crippen LogP contribution >= 0.6 is 0 Å². The maximum absolute atomic E-state index is 12.4. The molecule has 4 unspecified atom stereocenters. The number of hydrogen-bond donors (Lipinski definition) is 2. The molecule has 0 spiro atoms. The summed E-state index contributed by atoms with van der Waals surface area (Å²) in [6, 6.07) is 0.174. The maximum Gasteiger partial charge on any atom is 0.307 e. The number of carboxylic acid groups (broad SMARTS) is 1. The Morgan fingerprint density at radius 1 is 1.30 bits per heavy atom. The fourth-order valence-corrected chi connectivity index (χ4v) is 3.03. The molecule has 0 aliphatic carbocycles. The van der Waals surface area contributed by atoms with Gasteiger partial charge in [-0.3, -0.25) is 14.4 Å². The molecule has 2 rings (SSSR count). The van der Waals surface area contributed by atoms with Gasteiger partial charge in [0.05, 0.1) is 5.92 Å². The second-order valence-electron chi connectivity index (χ2n) is 5.96. The van der Waals surface area contributed by atoms with Gasteiger partial charge in [-0.05, 0) is 18.8 Å². The zero-order chi connectivity index (χ0) is 14.9. The number of aliphatic carboxylic acids is 1. The minimum absolute atomic E-state index is 0.0877. The van der Waals surface area contributed by atoms with Gasteiger partial charge in [-0.2, -0.15) is 0 Å². The van der Waals surface area contributed by atoms with Gasteiger partial charge in [-0.15, -0.1) is 0 Å². The van der Waals surface area contributed by atoms with Crippen LogP contribution in [0.4, 0.5) is 0 Å². The Morgan fingerprint density at radius 2 is 2.00 bits per heavy atom. The van der Waals surface area contributed by atoms with Gasteiger partial charge in [-0.1, -0.05) is 13.8 Å². The highest BCUT2D eigenvalue weighted by Gasteiger charge is 2.37. The molecule has 0 aromatic carbocycles. The van der Waals surface area contributed by atoms with E-state index in [1.165, 1.54) is 0 Å². The first-order valence-corrected chi connectivity index (χ1v) is 7.21. The van der Waals surface area contributed by atoms with E-state index < -0.39 is 17.8 Å². The zero-order valence-corrected chi connectivity index (χ0v) is 12.0. The number of nitrogens with zero attached hydrogens (tertiary/aromatic N) is 1. The van der Waals surface area contributed by atoms with Crippen molar-refractivity contribution in [1.82, 2.24) is 10.2 Å². The van der Waals surface area contributed by atoms with Crippen LogP contribution in [0, 0.1) is 17.8 Å². The van der Waals surface area contributed by atoms with Crippen LogP contribution in [-0.4, -0.2) is 46.9 Å². The number of nitrogens with one attached hydrogen (secondary N) is 1. The Kier molecular flexibility index (Phi) is 4.30. The van der Waals surface area contributed by atoms with Crippen LogP contribution in [0.15, 0.2) is 0 Å². The van der Waals surface area contributed by atoms with Crippen LogP contribution < -0.4 is 5.32 Å². The lowest BCUT2D eigenvalue weighted by atomic mass is 9.84. The summed E-state index contributed by atoms with van der Waals surface area (Å²) in [7, 11) is 0. The third-order valence-electron chi connectivity index (χ3n) is 4.66. The number of amides is 2. The van der Waals surface area contributed by atoms with Crippen LogP contribution in [0.2, 0.25) is 0 Å². The number of carbonyl (C=O) groups is 3. The zero-order valence-electron chi connectivity index (χ0n) is 12.0. The number of carbonyl (C=O) groups excluding carboxylic acids is 2. The summed E-state index contributed by atoms with van der Waals surface area (Å²) in [5, 5.41) is 12.0. The van der Waals surface area contributed by atoms with Gasteiger partial charge in [0.1, 0.15) is 0 Å². The van der Waals surface area contributed by atoms with Crippen LogP contribution in [-0.2, 0) is 14.4 Å². The molecule has 4 atom stereocenters. The molecule has 2 amide bonds. The normalized spacial score (nSPS) is 29.1. The van der Waals surface area contributed by atoms with Crippen molar-refractivity contribution in [1.29, 1.82) is 0 Å². The molecule has 0 radical (unpaired) electrons. The first-order chi connectivity index (χ1) is 9.40. The van der Waals surface area contributed by atoms with Crippen LogP contribution in [0.5, 0.6) is 0 Å². The molecule has 0 saturated carbocycles. The molecule has 6 nitrogen and oxygen atoms in total. The fraction of sp³-hybridized carbons (Fsp3) is 0.786. The third kappa shape index (κ3) is 2.94. The Labute approximate surface area is 118 Å². The van der Waals surface area contributed by atoms with E-state index in [1.807, 2.05) is 0 Å². The van der Waals surface area contributed by atoms with Gasteiger partial charge in [-0.25, -0.2) is 0 Å². The molecule has 0 aromatic heterocycles. The largest absolute Gasteiger partial charge is 0.481 e. The Morgan fingerprint density at radius 3 is 2.65 bits per heavy atom. The van der Waals surface area contributed by atoms with E-state index in [0.29, 0.717) is 25.4 Å². The number of likely N-dealkylation sites (tertiary alicyclic amines) is 1. The van der Waals surface area contributed by atoms with Crippen molar-refractivity contribution in [2.24, 2.45) is 17.8 Å². The van der Waals surface area contributed by atoms with E-state index in [-0.39, 0.29) is 17.9 Å². The van der Waals surface area contributed by atoms with Crippen molar-refractivity contribution in [3.63, 3.8) is 0 Å². The highest BCUT2D eigenvalue weighted by molar-refractivity contribution is 5.84. The molecule has 6 heteroatoms. The molecule has 2 heterocycles. The number of piperidine rings is 2.